The third-order valence-electron chi connectivity index (χ3n) is 6.21. The summed E-state index contributed by atoms with van der Waals surface area (Å²) in [5.74, 6) is 0.800. The second-order valence-electron chi connectivity index (χ2n) is 8.20. The van der Waals surface area contributed by atoms with Crippen LogP contribution in [0.25, 0.3) is 16.2 Å². The van der Waals surface area contributed by atoms with Gasteiger partial charge in [0.25, 0.3) is 0 Å². The molecular weight excluding hydrogens is 434 g/mol. The van der Waals surface area contributed by atoms with Crippen LogP contribution in [0.4, 0.5) is 5.82 Å². The number of nitrogens with zero attached hydrogens (tertiary/aromatic N) is 5. The van der Waals surface area contributed by atoms with Crippen molar-refractivity contribution in [3.05, 3.63) is 40.1 Å². The number of sulfonamides is 1. The Kier molecular flexibility index (Phi) is 5.31. The summed E-state index contributed by atoms with van der Waals surface area (Å²) >= 11 is 1.38. The summed E-state index contributed by atoms with van der Waals surface area (Å²) < 4.78 is 29.8. The van der Waals surface area contributed by atoms with Gasteiger partial charge in [-0.2, -0.15) is 4.31 Å². The number of piperidine rings is 1. The van der Waals surface area contributed by atoms with Crippen molar-refractivity contribution in [3.8, 4) is 5.13 Å². The molecule has 31 heavy (non-hydrogen) atoms. The van der Waals surface area contributed by atoms with Crippen molar-refractivity contribution in [1.82, 2.24) is 18.8 Å². The van der Waals surface area contributed by atoms with Gasteiger partial charge >= 0.3 is 0 Å². The standard InChI is InChI=1S/C21H25N5O3S2/c1-15-6-5-12-25(15)18-8-7-16-19(27)17(31(28,29)24-10-3-2-4-11-24)14-26(20(16)23-18)21-22-9-13-30-21/h7-9,13-15H,2-6,10-12H2,1H3. The van der Waals surface area contributed by atoms with Gasteiger partial charge in [0.05, 0.1) is 5.39 Å². The Balaban J connectivity index is 1.72. The van der Waals surface area contributed by atoms with E-state index in [1.54, 1.807) is 16.8 Å². The largest absolute Gasteiger partial charge is 0.354 e. The van der Waals surface area contributed by atoms with E-state index < -0.39 is 15.5 Å². The molecule has 1 unspecified atom stereocenters. The van der Waals surface area contributed by atoms with E-state index in [0.717, 1.165) is 44.5 Å². The molecule has 2 fully saturated rings. The van der Waals surface area contributed by atoms with E-state index >= 15 is 0 Å². The molecule has 8 nitrogen and oxygen atoms in total. The Morgan fingerprint density at radius 1 is 1.10 bits per heavy atom. The Morgan fingerprint density at radius 3 is 2.58 bits per heavy atom. The van der Waals surface area contributed by atoms with Gasteiger partial charge in [0, 0.05) is 43.4 Å². The first-order chi connectivity index (χ1) is 15.0. The van der Waals surface area contributed by atoms with Crippen molar-refractivity contribution in [2.24, 2.45) is 0 Å². The molecule has 164 valence electrons. The third kappa shape index (κ3) is 3.56. The second kappa shape index (κ2) is 7.99. The van der Waals surface area contributed by atoms with E-state index in [-0.39, 0.29) is 4.90 Å². The van der Waals surface area contributed by atoms with Crippen molar-refractivity contribution >= 4 is 38.2 Å². The van der Waals surface area contributed by atoms with E-state index in [2.05, 4.69) is 16.8 Å². The van der Waals surface area contributed by atoms with Crippen molar-refractivity contribution in [2.75, 3.05) is 24.5 Å². The van der Waals surface area contributed by atoms with Gasteiger partial charge in [0.2, 0.25) is 15.5 Å². The van der Waals surface area contributed by atoms with E-state index in [4.69, 9.17) is 4.98 Å². The summed E-state index contributed by atoms with van der Waals surface area (Å²) in [6, 6.07) is 3.92. The number of fused-ring (bicyclic) bond motifs is 1. The molecule has 5 rings (SSSR count). The maximum atomic E-state index is 13.4. The van der Waals surface area contributed by atoms with Gasteiger partial charge in [-0.1, -0.05) is 6.42 Å². The van der Waals surface area contributed by atoms with Gasteiger partial charge in [-0.15, -0.1) is 11.3 Å². The molecule has 0 aliphatic carbocycles. The molecule has 0 saturated carbocycles. The van der Waals surface area contributed by atoms with Crippen LogP contribution in [0.15, 0.2) is 39.6 Å². The number of pyridine rings is 2. The number of thiazole rings is 1. The lowest BCUT2D eigenvalue weighted by Crippen LogP contribution is -2.38. The fourth-order valence-corrected chi connectivity index (χ4v) is 6.73. The lowest BCUT2D eigenvalue weighted by atomic mass is 10.2. The van der Waals surface area contributed by atoms with Crippen molar-refractivity contribution in [1.29, 1.82) is 0 Å². The topological polar surface area (TPSA) is 88.4 Å². The minimum absolute atomic E-state index is 0.207. The van der Waals surface area contributed by atoms with Crippen molar-refractivity contribution in [2.45, 2.75) is 50.0 Å². The van der Waals surface area contributed by atoms with Crippen LogP contribution in [0.3, 0.4) is 0 Å². The van der Waals surface area contributed by atoms with Gasteiger partial charge in [-0.05, 0) is 44.7 Å². The minimum atomic E-state index is -3.89. The second-order valence-corrected chi connectivity index (χ2v) is 11.0. The highest BCUT2D eigenvalue weighted by molar-refractivity contribution is 7.89. The van der Waals surface area contributed by atoms with Crippen LogP contribution in [-0.2, 0) is 10.0 Å². The summed E-state index contributed by atoms with van der Waals surface area (Å²) in [4.78, 5) is 24.5. The fourth-order valence-electron chi connectivity index (χ4n) is 4.51. The van der Waals surface area contributed by atoms with Crippen LogP contribution in [0, 0.1) is 0 Å². The molecule has 1 atom stereocenters. The van der Waals surface area contributed by atoms with Crippen molar-refractivity contribution in [3.63, 3.8) is 0 Å². The van der Waals surface area contributed by atoms with E-state index in [0.29, 0.717) is 35.3 Å². The van der Waals surface area contributed by atoms with E-state index in [9.17, 15) is 13.2 Å². The van der Waals surface area contributed by atoms with Crippen LogP contribution in [0.5, 0.6) is 0 Å². The van der Waals surface area contributed by atoms with E-state index in [1.165, 1.54) is 21.8 Å². The smallest absolute Gasteiger partial charge is 0.248 e. The average Bonchev–Trinajstić information content (AvgIpc) is 3.46. The van der Waals surface area contributed by atoms with E-state index in [1.807, 2.05) is 11.4 Å². The molecule has 2 saturated heterocycles. The van der Waals surface area contributed by atoms with Crippen LogP contribution < -0.4 is 10.3 Å². The van der Waals surface area contributed by atoms with Crippen LogP contribution in [0.1, 0.15) is 39.0 Å². The van der Waals surface area contributed by atoms with Gasteiger partial charge in [-0.25, -0.2) is 18.4 Å². The molecule has 2 aliphatic rings. The number of anilines is 1. The average molecular weight is 460 g/mol. The number of aromatic nitrogens is 3. The Labute approximate surface area is 185 Å². The maximum absolute atomic E-state index is 13.4. The molecule has 0 radical (unpaired) electrons. The molecule has 0 N–H and O–H groups in total. The summed E-state index contributed by atoms with van der Waals surface area (Å²) in [5, 5.41) is 2.70. The van der Waals surface area contributed by atoms with Gasteiger partial charge < -0.3 is 4.90 Å². The van der Waals surface area contributed by atoms with Crippen LogP contribution >= 0.6 is 11.3 Å². The fraction of sp³-hybridized carbons (Fsp3) is 0.476. The summed E-state index contributed by atoms with van der Waals surface area (Å²) in [5.41, 5.74) is -0.0592. The predicted molar refractivity (Wildman–Crippen MR) is 122 cm³/mol. The monoisotopic (exact) mass is 459 g/mol. The zero-order valence-corrected chi connectivity index (χ0v) is 19.0. The van der Waals surface area contributed by atoms with Crippen molar-refractivity contribution < 1.29 is 8.42 Å². The predicted octanol–water partition coefficient (Wildman–Crippen LogP) is 3.01. The summed E-state index contributed by atoms with van der Waals surface area (Å²) in [6.45, 7) is 3.98. The lowest BCUT2D eigenvalue weighted by molar-refractivity contribution is 0.346. The zero-order chi connectivity index (χ0) is 21.6. The molecule has 3 aromatic rings. The first kappa shape index (κ1) is 20.6. The van der Waals surface area contributed by atoms with Gasteiger partial charge in [0.15, 0.2) is 10.8 Å². The summed E-state index contributed by atoms with van der Waals surface area (Å²) in [7, 11) is -3.89. The Hall–Kier alpha value is -2.30. The number of rotatable bonds is 4. The number of hydrogen-bond acceptors (Lipinski definition) is 7. The lowest BCUT2D eigenvalue weighted by Gasteiger charge is -2.26. The normalized spacial score (nSPS) is 20.5. The molecule has 10 heteroatoms. The number of hydrogen-bond donors (Lipinski definition) is 0. The highest BCUT2D eigenvalue weighted by Crippen LogP contribution is 2.28. The molecule has 0 spiro atoms. The van der Waals surface area contributed by atoms with Crippen LogP contribution in [0.2, 0.25) is 0 Å². The molecule has 0 aromatic carbocycles. The van der Waals surface area contributed by atoms with Crippen LogP contribution in [-0.4, -0.2) is 52.9 Å². The highest BCUT2D eigenvalue weighted by Gasteiger charge is 2.31. The third-order valence-corrected chi connectivity index (χ3v) is 8.87. The maximum Gasteiger partial charge on any atom is 0.248 e. The molecule has 5 heterocycles. The molecular formula is C21H25N5O3S2. The first-order valence-electron chi connectivity index (χ1n) is 10.7. The quantitative estimate of drug-likeness (QED) is 0.596. The first-order valence-corrected chi connectivity index (χ1v) is 13.0. The SMILES string of the molecule is CC1CCCN1c1ccc2c(=O)c(S(=O)(=O)N3CCCCC3)cn(-c3nccs3)c2n1. The molecule has 3 aromatic heterocycles. The highest BCUT2D eigenvalue weighted by atomic mass is 32.2. The Bertz CT molecular complexity index is 1260. The molecule has 2 aliphatic heterocycles. The molecule has 0 bridgehead atoms. The summed E-state index contributed by atoms with van der Waals surface area (Å²) in [6.07, 6.45) is 7.92. The van der Waals surface area contributed by atoms with Gasteiger partial charge in [-0.3, -0.25) is 9.36 Å². The minimum Gasteiger partial charge on any atom is -0.354 e. The Morgan fingerprint density at radius 2 is 1.90 bits per heavy atom. The molecule has 0 amide bonds. The zero-order valence-electron chi connectivity index (χ0n) is 17.4. The van der Waals surface area contributed by atoms with Gasteiger partial charge in [0.1, 0.15) is 10.7 Å².